The number of nitrogens with one attached hydrogen (secondary N) is 1. The first kappa shape index (κ1) is 12.3. The van der Waals surface area contributed by atoms with Crippen molar-refractivity contribution < 1.29 is 18.7 Å². The summed E-state index contributed by atoms with van der Waals surface area (Å²) < 4.78 is 10.2. The zero-order valence-electron chi connectivity index (χ0n) is 9.57. The molecule has 1 N–H and O–H groups in total. The van der Waals surface area contributed by atoms with Gasteiger partial charge in [-0.05, 0) is 26.0 Å². The minimum absolute atomic E-state index is 0.259. The zero-order chi connectivity index (χ0) is 12.1. The molecule has 0 fully saturated rings. The van der Waals surface area contributed by atoms with Crippen LogP contribution in [0.3, 0.4) is 0 Å². The van der Waals surface area contributed by atoms with Crippen LogP contribution in [-0.2, 0) is 14.3 Å². The van der Waals surface area contributed by atoms with E-state index in [2.05, 4.69) is 5.32 Å². The molecule has 1 rings (SSSR count). The standard InChI is InChI=1S/C11H15NO4/c1-4-15-11(14)10(12-8(3)13)9-6-5-7(2)16-9/h5-6,10H,4H2,1-3H3,(H,12,13)/t10-/m1/s1. The lowest BCUT2D eigenvalue weighted by Gasteiger charge is -2.13. The second-order valence-corrected chi connectivity index (χ2v) is 3.33. The predicted octanol–water partition coefficient (Wildman–Crippen LogP) is 1.33. The van der Waals surface area contributed by atoms with Gasteiger partial charge in [0.05, 0.1) is 6.61 Å². The van der Waals surface area contributed by atoms with Gasteiger partial charge in [-0.25, -0.2) is 4.79 Å². The molecule has 16 heavy (non-hydrogen) atoms. The molecular weight excluding hydrogens is 210 g/mol. The smallest absolute Gasteiger partial charge is 0.336 e. The lowest BCUT2D eigenvalue weighted by atomic mass is 10.2. The third kappa shape index (κ3) is 3.12. The molecule has 0 spiro atoms. The van der Waals surface area contributed by atoms with E-state index < -0.39 is 12.0 Å². The molecule has 88 valence electrons. The lowest BCUT2D eigenvalue weighted by Crippen LogP contribution is -2.33. The molecule has 5 nitrogen and oxygen atoms in total. The van der Waals surface area contributed by atoms with E-state index in [-0.39, 0.29) is 12.5 Å². The van der Waals surface area contributed by atoms with E-state index in [1.165, 1.54) is 6.92 Å². The highest BCUT2D eigenvalue weighted by molar-refractivity contribution is 5.83. The molecule has 0 aromatic carbocycles. The highest BCUT2D eigenvalue weighted by Gasteiger charge is 2.25. The number of carbonyl (C=O) groups is 2. The van der Waals surface area contributed by atoms with Crippen LogP contribution in [0.4, 0.5) is 0 Å². The maximum Gasteiger partial charge on any atom is 0.336 e. The number of carbonyl (C=O) groups excluding carboxylic acids is 2. The van der Waals surface area contributed by atoms with Crippen LogP contribution in [0.1, 0.15) is 31.4 Å². The van der Waals surface area contributed by atoms with E-state index in [9.17, 15) is 9.59 Å². The Morgan fingerprint density at radius 1 is 1.50 bits per heavy atom. The topological polar surface area (TPSA) is 68.5 Å². The predicted molar refractivity (Wildman–Crippen MR) is 56.6 cm³/mol. The fourth-order valence-corrected chi connectivity index (χ4v) is 1.28. The van der Waals surface area contributed by atoms with Gasteiger partial charge in [0, 0.05) is 6.92 Å². The van der Waals surface area contributed by atoms with Crippen LogP contribution in [0.15, 0.2) is 16.5 Å². The Hall–Kier alpha value is -1.78. The minimum Gasteiger partial charge on any atom is -0.464 e. The summed E-state index contributed by atoms with van der Waals surface area (Å²) in [4.78, 5) is 22.6. The summed E-state index contributed by atoms with van der Waals surface area (Å²) in [5.74, 6) is 0.222. The first-order valence-corrected chi connectivity index (χ1v) is 5.04. The van der Waals surface area contributed by atoms with Gasteiger partial charge in [0.15, 0.2) is 6.04 Å². The number of ether oxygens (including phenoxy) is 1. The largest absolute Gasteiger partial charge is 0.464 e. The van der Waals surface area contributed by atoms with Crippen molar-refractivity contribution in [3.8, 4) is 0 Å². The molecule has 0 aliphatic rings. The number of hydrogen-bond donors (Lipinski definition) is 1. The van der Waals surface area contributed by atoms with Crippen molar-refractivity contribution in [2.24, 2.45) is 0 Å². The van der Waals surface area contributed by atoms with Gasteiger partial charge in [-0.2, -0.15) is 0 Å². The van der Waals surface area contributed by atoms with E-state index in [1.807, 2.05) is 0 Å². The molecule has 1 atom stereocenters. The van der Waals surface area contributed by atoms with Gasteiger partial charge in [-0.1, -0.05) is 0 Å². The van der Waals surface area contributed by atoms with Gasteiger partial charge in [-0.3, -0.25) is 4.79 Å². The Kier molecular flexibility index (Phi) is 4.10. The summed E-state index contributed by atoms with van der Waals surface area (Å²) in [5.41, 5.74) is 0. The van der Waals surface area contributed by atoms with E-state index in [1.54, 1.807) is 26.0 Å². The zero-order valence-corrected chi connectivity index (χ0v) is 9.57. The summed E-state index contributed by atoms with van der Waals surface area (Å²) >= 11 is 0. The number of hydrogen-bond acceptors (Lipinski definition) is 4. The summed E-state index contributed by atoms with van der Waals surface area (Å²) in [6, 6.07) is 2.50. The molecule has 0 saturated heterocycles. The van der Waals surface area contributed by atoms with Crippen molar-refractivity contribution >= 4 is 11.9 Å². The summed E-state index contributed by atoms with van der Waals surface area (Å²) in [6.07, 6.45) is 0. The first-order valence-electron chi connectivity index (χ1n) is 5.04. The van der Waals surface area contributed by atoms with Crippen LogP contribution >= 0.6 is 0 Å². The SMILES string of the molecule is CCOC(=O)[C@H](NC(C)=O)c1ccc(C)o1. The number of rotatable bonds is 4. The van der Waals surface area contributed by atoms with E-state index in [4.69, 9.17) is 9.15 Å². The highest BCUT2D eigenvalue weighted by Crippen LogP contribution is 2.17. The average Bonchev–Trinajstić information content (AvgIpc) is 2.61. The molecule has 1 aromatic rings. The maximum atomic E-state index is 11.6. The second kappa shape index (κ2) is 5.34. The van der Waals surface area contributed by atoms with Crippen LogP contribution in [-0.4, -0.2) is 18.5 Å². The van der Waals surface area contributed by atoms with Crippen molar-refractivity contribution in [2.45, 2.75) is 26.8 Å². The van der Waals surface area contributed by atoms with Crippen LogP contribution in [0.5, 0.6) is 0 Å². The Morgan fingerprint density at radius 2 is 2.19 bits per heavy atom. The molecule has 1 heterocycles. The van der Waals surface area contributed by atoms with Crippen molar-refractivity contribution in [1.29, 1.82) is 0 Å². The van der Waals surface area contributed by atoms with E-state index in [0.29, 0.717) is 11.5 Å². The van der Waals surface area contributed by atoms with Crippen LogP contribution in [0, 0.1) is 6.92 Å². The number of amides is 1. The van der Waals surface area contributed by atoms with Gasteiger partial charge in [0.2, 0.25) is 5.91 Å². The van der Waals surface area contributed by atoms with Crippen molar-refractivity contribution in [1.82, 2.24) is 5.32 Å². The fraction of sp³-hybridized carbons (Fsp3) is 0.455. The Morgan fingerprint density at radius 3 is 2.62 bits per heavy atom. The molecule has 1 amide bonds. The minimum atomic E-state index is -0.869. The second-order valence-electron chi connectivity index (χ2n) is 3.33. The normalized spacial score (nSPS) is 11.9. The van der Waals surface area contributed by atoms with Crippen molar-refractivity contribution in [2.75, 3.05) is 6.61 Å². The molecule has 1 aromatic heterocycles. The molecule has 0 aliphatic carbocycles. The monoisotopic (exact) mass is 225 g/mol. The maximum absolute atomic E-state index is 11.6. The van der Waals surface area contributed by atoms with Crippen molar-refractivity contribution in [3.05, 3.63) is 23.7 Å². The highest BCUT2D eigenvalue weighted by atomic mass is 16.5. The van der Waals surface area contributed by atoms with Crippen LogP contribution < -0.4 is 5.32 Å². The lowest BCUT2D eigenvalue weighted by molar-refractivity contribution is -0.148. The molecule has 5 heteroatoms. The molecule has 0 saturated carbocycles. The number of furan rings is 1. The molecule has 0 bridgehead atoms. The first-order chi connectivity index (χ1) is 7.54. The van der Waals surface area contributed by atoms with Crippen LogP contribution in [0.2, 0.25) is 0 Å². The van der Waals surface area contributed by atoms with Gasteiger partial charge < -0.3 is 14.5 Å². The molecular formula is C11H15NO4. The fourth-order valence-electron chi connectivity index (χ4n) is 1.28. The van der Waals surface area contributed by atoms with Gasteiger partial charge >= 0.3 is 5.97 Å². The molecule has 0 aliphatic heterocycles. The third-order valence-corrected chi connectivity index (χ3v) is 1.92. The Bertz CT molecular complexity index is 383. The molecule has 0 unspecified atom stereocenters. The summed E-state index contributed by atoms with van der Waals surface area (Å²) in [6.45, 7) is 5.06. The summed E-state index contributed by atoms with van der Waals surface area (Å²) in [7, 11) is 0. The number of esters is 1. The molecule has 0 radical (unpaired) electrons. The van der Waals surface area contributed by atoms with E-state index in [0.717, 1.165) is 0 Å². The quantitative estimate of drug-likeness (QED) is 0.785. The van der Waals surface area contributed by atoms with Crippen molar-refractivity contribution in [3.63, 3.8) is 0 Å². The van der Waals surface area contributed by atoms with Gasteiger partial charge in [0.25, 0.3) is 0 Å². The van der Waals surface area contributed by atoms with Gasteiger partial charge in [0.1, 0.15) is 11.5 Å². The van der Waals surface area contributed by atoms with E-state index >= 15 is 0 Å². The summed E-state index contributed by atoms with van der Waals surface area (Å²) in [5, 5.41) is 2.49. The average molecular weight is 225 g/mol. The van der Waals surface area contributed by atoms with Crippen LogP contribution in [0.25, 0.3) is 0 Å². The van der Waals surface area contributed by atoms with Gasteiger partial charge in [-0.15, -0.1) is 0 Å². The number of aryl methyl sites for hydroxylation is 1. The third-order valence-electron chi connectivity index (χ3n) is 1.92. The Labute approximate surface area is 93.8 Å². The Balaban J connectivity index is 2.86.